The summed E-state index contributed by atoms with van der Waals surface area (Å²) in [6.45, 7) is 8.62. The van der Waals surface area contributed by atoms with Gasteiger partial charge in [-0.15, -0.1) is 5.10 Å². The van der Waals surface area contributed by atoms with Crippen molar-refractivity contribution in [3.8, 4) is 0 Å². The molecule has 4 rings (SSSR count). The number of carbonyl (C=O) groups is 1. The Labute approximate surface area is 190 Å². The average Bonchev–Trinajstić information content (AvgIpc) is 3.46. The number of aromatic nitrogens is 3. The molecule has 176 valence electrons. The van der Waals surface area contributed by atoms with Crippen LogP contribution in [0.15, 0.2) is 23.1 Å². The first-order valence-corrected chi connectivity index (χ1v) is 13.2. The lowest BCUT2D eigenvalue weighted by Gasteiger charge is -2.31. The second-order valence-corrected chi connectivity index (χ2v) is 11.1. The van der Waals surface area contributed by atoms with Gasteiger partial charge in [-0.2, -0.15) is 4.31 Å². The van der Waals surface area contributed by atoms with E-state index in [4.69, 9.17) is 0 Å². The van der Waals surface area contributed by atoms with Gasteiger partial charge in [0.1, 0.15) is 5.52 Å². The number of hydrogen-bond donors (Lipinski definition) is 1. The largest absolute Gasteiger partial charge is 0.356 e. The van der Waals surface area contributed by atoms with Gasteiger partial charge in [0.2, 0.25) is 15.9 Å². The van der Waals surface area contributed by atoms with Crippen LogP contribution in [-0.2, 0) is 14.8 Å². The van der Waals surface area contributed by atoms with Crippen molar-refractivity contribution in [2.24, 2.45) is 5.92 Å². The number of rotatable bonds is 8. The summed E-state index contributed by atoms with van der Waals surface area (Å²) in [5, 5.41) is 11.3. The maximum atomic E-state index is 13.3. The molecule has 2 aromatic rings. The molecule has 0 aliphatic carbocycles. The Bertz CT molecular complexity index is 1050. The summed E-state index contributed by atoms with van der Waals surface area (Å²) >= 11 is 0. The molecule has 1 N–H and O–H groups in total. The molecule has 0 bridgehead atoms. The third kappa shape index (κ3) is 4.97. The fourth-order valence-electron chi connectivity index (χ4n) is 4.65. The lowest BCUT2D eigenvalue weighted by Crippen LogP contribution is -2.45. The molecule has 10 heteroatoms. The van der Waals surface area contributed by atoms with Crippen LogP contribution in [0.4, 0.5) is 0 Å². The van der Waals surface area contributed by atoms with E-state index >= 15 is 0 Å². The number of sulfonamides is 1. The zero-order valence-corrected chi connectivity index (χ0v) is 19.9. The number of likely N-dealkylation sites (tertiary alicyclic amines) is 1. The topological polar surface area (TPSA) is 100 Å². The molecule has 0 saturated carbocycles. The standard InChI is InChI=1S/C22H34N6O3S/c1-17(2)28-21-9-8-19(15-20(21)24-25-28)32(30,31)27-14-5-7-18(16-27)22(29)23-10-6-13-26-11-3-4-12-26/h8-9,15,17-18H,3-7,10-14,16H2,1-2H3,(H,23,29)/t18-/m1/s1. The van der Waals surface area contributed by atoms with E-state index in [2.05, 4.69) is 20.5 Å². The number of carbonyl (C=O) groups excluding carboxylic acids is 1. The smallest absolute Gasteiger partial charge is 0.243 e. The molecule has 0 radical (unpaired) electrons. The van der Waals surface area contributed by atoms with E-state index in [0.717, 1.165) is 31.6 Å². The average molecular weight is 463 g/mol. The molecule has 2 fully saturated rings. The Morgan fingerprint density at radius 3 is 2.72 bits per heavy atom. The monoisotopic (exact) mass is 462 g/mol. The van der Waals surface area contributed by atoms with E-state index in [1.807, 2.05) is 13.8 Å². The summed E-state index contributed by atoms with van der Waals surface area (Å²) in [5.41, 5.74) is 1.37. The number of nitrogens with zero attached hydrogens (tertiary/aromatic N) is 5. The highest BCUT2D eigenvalue weighted by Gasteiger charge is 2.33. The molecule has 2 aliphatic heterocycles. The minimum atomic E-state index is -3.70. The fourth-order valence-corrected chi connectivity index (χ4v) is 6.20. The Morgan fingerprint density at radius 1 is 1.19 bits per heavy atom. The first-order valence-electron chi connectivity index (χ1n) is 11.7. The number of piperidine rings is 1. The number of nitrogens with one attached hydrogen (secondary N) is 1. The van der Waals surface area contributed by atoms with Gasteiger partial charge in [-0.05, 0) is 83.8 Å². The van der Waals surface area contributed by atoms with Gasteiger partial charge >= 0.3 is 0 Å². The van der Waals surface area contributed by atoms with E-state index < -0.39 is 10.0 Å². The second kappa shape index (κ2) is 9.84. The van der Waals surface area contributed by atoms with Crippen LogP contribution in [-0.4, -0.2) is 77.8 Å². The summed E-state index contributed by atoms with van der Waals surface area (Å²) in [6.07, 6.45) is 4.85. The SMILES string of the molecule is CC(C)n1nnc2cc(S(=O)(=O)N3CCC[C@@H](C(=O)NCCCN4CCCC4)C3)ccc21. The van der Waals surface area contributed by atoms with Crippen molar-refractivity contribution in [2.75, 3.05) is 39.3 Å². The molecule has 2 aliphatic rings. The zero-order valence-electron chi connectivity index (χ0n) is 19.0. The van der Waals surface area contributed by atoms with Gasteiger partial charge in [-0.1, -0.05) is 5.21 Å². The maximum absolute atomic E-state index is 13.3. The Hall–Kier alpha value is -2.04. The number of hydrogen-bond acceptors (Lipinski definition) is 6. The van der Waals surface area contributed by atoms with Gasteiger partial charge in [0, 0.05) is 25.7 Å². The Kier molecular flexibility index (Phi) is 7.11. The first kappa shape index (κ1) is 23.1. The zero-order chi connectivity index (χ0) is 22.7. The van der Waals surface area contributed by atoms with Crippen LogP contribution >= 0.6 is 0 Å². The van der Waals surface area contributed by atoms with Crippen molar-refractivity contribution in [3.63, 3.8) is 0 Å². The molecule has 9 nitrogen and oxygen atoms in total. The first-order chi connectivity index (χ1) is 15.4. The van der Waals surface area contributed by atoms with E-state index in [1.165, 1.54) is 17.1 Å². The van der Waals surface area contributed by atoms with Crippen LogP contribution in [0.1, 0.15) is 52.0 Å². The van der Waals surface area contributed by atoms with Crippen molar-refractivity contribution in [3.05, 3.63) is 18.2 Å². The minimum Gasteiger partial charge on any atom is -0.356 e. The van der Waals surface area contributed by atoms with Gasteiger partial charge < -0.3 is 10.2 Å². The lowest BCUT2D eigenvalue weighted by atomic mass is 9.99. The van der Waals surface area contributed by atoms with Crippen molar-refractivity contribution in [1.29, 1.82) is 0 Å². The maximum Gasteiger partial charge on any atom is 0.243 e. The van der Waals surface area contributed by atoms with E-state index in [-0.39, 0.29) is 29.3 Å². The normalized spacial score (nSPS) is 20.9. The van der Waals surface area contributed by atoms with Crippen molar-refractivity contribution in [1.82, 2.24) is 29.5 Å². The van der Waals surface area contributed by atoms with Crippen molar-refractivity contribution in [2.45, 2.75) is 56.9 Å². The highest BCUT2D eigenvalue weighted by Crippen LogP contribution is 2.26. The fraction of sp³-hybridized carbons (Fsp3) is 0.682. The van der Waals surface area contributed by atoms with E-state index in [1.54, 1.807) is 22.9 Å². The summed E-state index contributed by atoms with van der Waals surface area (Å²) < 4.78 is 29.8. The molecule has 1 atom stereocenters. The highest BCUT2D eigenvalue weighted by molar-refractivity contribution is 7.89. The predicted molar refractivity (Wildman–Crippen MR) is 123 cm³/mol. The van der Waals surface area contributed by atoms with Gasteiger partial charge in [-0.25, -0.2) is 13.1 Å². The summed E-state index contributed by atoms with van der Waals surface area (Å²) in [5.74, 6) is -0.350. The number of amides is 1. The number of fused-ring (bicyclic) bond motifs is 1. The molecule has 2 saturated heterocycles. The lowest BCUT2D eigenvalue weighted by molar-refractivity contribution is -0.126. The molecule has 1 aromatic carbocycles. The van der Waals surface area contributed by atoms with Gasteiger partial charge in [-0.3, -0.25) is 4.79 Å². The Balaban J connectivity index is 1.37. The molecule has 3 heterocycles. The van der Waals surface area contributed by atoms with Gasteiger partial charge in [0.15, 0.2) is 0 Å². The Morgan fingerprint density at radius 2 is 1.97 bits per heavy atom. The van der Waals surface area contributed by atoms with E-state index in [9.17, 15) is 13.2 Å². The minimum absolute atomic E-state index is 0.0401. The van der Waals surface area contributed by atoms with Gasteiger partial charge in [0.05, 0.1) is 16.3 Å². The second-order valence-electron chi connectivity index (χ2n) is 9.17. The summed E-state index contributed by atoms with van der Waals surface area (Å²) in [7, 11) is -3.70. The summed E-state index contributed by atoms with van der Waals surface area (Å²) in [4.78, 5) is 15.3. The molecular weight excluding hydrogens is 428 g/mol. The molecule has 1 aromatic heterocycles. The van der Waals surface area contributed by atoms with Crippen LogP contribution in [0, 0.1) is 5.92 Å². The highest BCUT2D eigenvalue weighted by atomic mass is 32.2. The van der Waals surface area contributed by atoms with Crippen LogP contribution < -0.4 is 5.32 Å². The molecule has 32 heavy (non-hydrogen) atoms. The molecule has 0 spiro atoms. The predicted octanol–water partition coefficient (Wildman–Crippen LogP) is 2.01. The quantitative estimate of drug-likeness (QED) is 0.603. The van der Waals surface area contributed by atoms with Crippen molar-refractivity contribution < 1.29 is 13.2 Å². The molecule has 1 amide bonds. The van der Waals surface area contributed by atoms with Gasteiger partial charge in [0.25, 0.3) is 0 Å². The summed E-state index contributed by atoms with van der Waals surface area (Å²) in [6, 6.07) is 5.09. The third-order valence-electron chi connectivity index (χ3n) is 6.47. The molecular formula is C22H34N6O3S. The molecule has 0 unspecified atom stereocenters. The van der Waals surface area contributed by atoms with E-state index in [0.29, 0.717) is 31.4 Å². The van der Waals surface area contributed by atoms with Crippen LogP contribution in [0.5, 0.6) is 0 Å². The van der Waals surface area contributed by atoms with Crippen molar-refractivity contribution >= 4 is 27.0 Å². The van der Waals surface area contributed by atoms with Crippen LogP contribution in [0.2, 0.25) is 0 Å². The van der Waals surface area contributed by atoms with Crippen LogP contribution in [0.25, 0.3) is 11.0 Å². The van der Waals surface area contributed by atoms with Crippen LogP contribution in [0.3, 0.4) is 0 Å². The number of benzene rings is 1. The third-order valence-corrected chi connectivity index (χ3v) is 8.33.